The molecule has 0 spiro atoms. The van der Waals surface area contributed by atoms with Gasteiger partial charge < -0.3 is 5.11 Å². The molecule has 0 aromatic heterocycles. The number of aliphatic hydroxyl groups excluding tert-OH is 1. The predicted octanol–water partition coefficient (Wildman–Crippen LogP) is 1.72. The molecule has 0 bridgehead atoms. The Morgan fingerprint density at radius 1 is 0.667 bits per heavy atom. The molecule has 0 aromatic rings. The fourth-order valence-corrected chi connectivity index (χ4v) is 2.70. The Balaban J connectivity index is 1.60. The molecule has 3 heteroatoms. The first kappa shape index (κ1) is 11.4. The van der Waals surface area contributed by atoms with Gasteiger partial charge in [0.25, 0.3) is 0 Å². The summed E-state index contributed by atoms with van der Waals surface area (Å²) in [4.78, 5) is 0. The number of hydrogen-bond donors (Lipinski definition) is 3. The molecular weight excluding hydrogens is 188 g/mol. The van der Waals surface area contributed by atoms with Crippen LogP contribution in [-0.4, -0.2) is 23.3 Å². The summed E-state index contributed by atoms with van der Waals surface area (Å²) in [6, 6.07) is 1.26. The van der Waals surface area contributed by atoms with Gasteiger partial charge in [0.2, 0.25) is 0 Å². The molecule has 0 saturated heterocycles. The Morgan fingerprint density at radius 2 is 1.20 bits per heavy atom. The molecule has 0 radical (unpaired) electrons. The maximum Gasteiger partial charge on any atom is 0.0541 e. The number of hydrazine groups is 1. The third-order valence-electron chi connectivity index (χ3n) is 3.79. The summed E-state index contributed by atoms with van der Waals surface area (Å²) in [5.41, 5.74) is 6.93. The van der Waals surface area contributed by atoms with Crippen LogP contribution in [-0.2, 0) is 0 Å². The maximum atomic E-state index is 9.40. The normalized spacial score (nSPS) is 34.2. The lowest BCUT2D eigenvalue weighted by molar-refractivity contribution is 0.111. The Morgan fingerprint density at radius 3 is 1.80 bits per heavy atom. The van der Waals surface area contributed by atoms with Gasteiger partial charge in [-0.15, -0.1) is 0 Å². The van der Waals surface area contributed by atoms with E-state index in [1.807, 2.05) is 0 Å². The summed E-state index contributed by atoms with van der Waals surface area (Å²) in [5.74, 6) is 0. The van der Waals surface area contributed by atoms with Crippen LogP contribution in [0.15, 0.2) is 0 Å². The van der Waals surface area contributed by atoms with Gasteiger partial charge in [-0.05, 0) is 38.5 Å². The number of nitrogens with one attached hydrogen (secondary N) is 2. The molecule has 0 amide bonds. The molecule has 0 aliphatic heterocycles. The van der Waals surface area contributed by atoms with Crippen molar-refractivity contribution in [3.05, 3.63) is 0 Å². The van der Waals surface area contributed by atoms with Crippen molar-refractivity contribution in [2.45, 2.75) is 76.0 Å². The summed E-state index contributed by atoms with van der Waals surface area (Å²) in [7, 11) is 0. The maximum absolute atomic E-state index is 9.40. The van der Waals surface area contributed by atoms with E-state index in [-0.39, 0.29) is 6.10 Å². The lowest BCUT2D eigenvalue weighted by Crippen LogP contribution is -2.48. The molecule has 2 fully saturated rings. The van der Waals surface area contributed by atoms with Gasteiger partial charge in [-0.25, -0.2) is 0 Å². The SMILES string of the molecule is OC1CCC(NNC2CCCCC2)CC1. The van der Waals surface area contributed by atoms with E-state index in [2.05, 4.69) is 10.9 Å². The fraction of sp³-hybridized carbons (Fsp3) is 1.00. The highest BCUT2D eigenvalue weighted by Crippen LogP contribution is 2.19. The van der Waals surface area contributed by atoms with Gasteiger partial charge in [0.15, 0.2) is 0 Å². The summed E-state index contributed by atoms with van der Waals surface area (Å²) >= 11 is 0. The van der Waals surface area contributed by atoms with Crippen LogP contribution in [0.3, 0.4) is 0 Å². The quantitative estimate of drug-likeness (QED) is 0.624. The summed E-state index contributed by atoms with van der Waals surface area (Å²) in [6.45, 7) is 0. The van der Waals surface area contributed by atoms with Gasteiger partial charge in [0.1, 0.15) is 0 Å². The zero-order valence-electron chi connectivity index (χ0n) is 9.54. The Bertz CT molecular complexity index is 172. The molecule has 2 saturated carbocycles. The minimum atomic E-state index is -0.0438. The van der Waals surface area contributed by atoms with Crippen LogP contribution < -0.4 is 10.9 Å². The topological polar surface area (TPSA) is 44.3 Å². The van der Waals surface area contributed by atoms with Gasteiger partial charge in [0, 0.05) is 12.1 Å². The molecule has 3 nitrogen and oxygen atoms in total. The van der Waals surface area contributed by atoms with Gasteiger partial charge in [-0.3, -0.25) is 10.9 Å². The van der Waals surface area contributed by atoms with E-state index in [0.717, 1.165) is 25.7 Å². The molecule has 2 rings (SSSR count). The molecular formula is C12H24N2O. The van der Waals surface area contributed by atoms with E-state index in [0.29, 0.717) is 12.1 Å². The number of rotatable bonds is 3. The van der Waals surface area contributed by atoms with Crippen molar-refractivity contribution in [1.29, 1.82) is 0 Å². The number of hydrogen-bond acceptors (Lipinski definition) is 3. The van der Waals surface area contributed by atoms with Crippen LogP contribution in [0.5, 0.6) is 0 Å². The summed E-state index contributed by atoms with van der Waals surface area (Å²) in [5, 5.41) is 9.40. The largest absolute Gasteiger partial charge is 0.393 e. The van der Waals surface area contributed by atoms with Crippen molar-refractivity contribution in [3.8, 4) is 0 Å². The second-order valence-electron chi connectivity index (χ2n) is 5.13. The Labute approximate surface area is 92.6 Å². The second-order valence-corrected chi connectivity index (χ2v) is 5.13. The Kier molecular flexibility index (Phi) is 4.42. The highest BCUT2D eigenvalue weighted by atomic mass is 16.3. The molecule has 2 aliphatic carbocycles. The summed E-state index contributed by atoms with van der Waals surface area (Å²) in [6.07, 6.45) is 10.9. The average molecular weight is 212 g/mol. The lowest BCUT2D eigenvalue weighted by atomic mass is 9.93. The molecule has 88 valence electrons. The highest BCUT2D eigenvalue weighted by Gasteiger charge is 2.20. The van der Waals surface area contributed by atoms with Crippen molar-refractivity contribution in [2.24, 2.45) is 0 Å². The van der Waals surface area contributed by atoms with Crippen molar-refractivity contribution in [3.63, 3.8) is 0 Å². The van der Waals surface area contributed by atoms with Crippen LogP contribution >= 0.6 is 0 Å². The first-order chi connectivity index (χ1) is 7.34. The lowest BCUT2D eigenvalue weighted by Gasteiger charge is -2.30. The molecule has 0 aromatic carbocycles. The van der Waals surface area contributed by atoms with Crippen molar-refractivity contribution >= 4 is 0 Å². The van der Waals surface area contributed by atoms with Crippen molar-refractivity contribution in [2.75, 3.05) is 0 Å². The third-order valence-corrected chi connectivity index (χ3v) is 3.79. The minimum Gasteiger partial charge on any atom is -0.393 e. The van der Waals surface area contributed by atoms with Crippen molar-refractivity contribution in [1.82, 2.24) is 10.9 Å². The van der Waals surface area contributed by atoms with Gasteiger partial charge in [0.05, 0.1) is 6.10 Å². The molecule has 0 unspecified atom stereocenters. The van der Waals surface area contributed by atoms with Crippen LogP contribution in [0.2, 0.25) is 0 Å². The summed E-state index contributed by atoms with van der Waals surface area (Å²) < 4.78 is 0. The zero-order chi connectivity index (χ0) is 10.5. The van der Waals surface area contributed by atoms with Crippen LogP contribution in [0.25, 0.3) is 0 Å². The van der Waals surface area contributed by atoms with Gasteiger partial charge in [-0.2, -0.15) is 0 Å². The fourth-order valence-electron chi connectivity index (χ4n) is 2.70. The first-order valence-electron chi connectivity index (χ1n) is 6.54. The van der Waals surface area contributed by atoms with Crippen molar-refractivity contribution < 1.29 is 5.11 Å². The van der Waals surface area contributed by atoms with E-state index in [9.17, 15) is 5.11 Å². The second kappa shape index (κ2) is 5.83. The average Bonchev–Trinajstić information content (AvgIpc) is 2.30. The molecule has 0 atom stereocenters. The molecule has 3 N–H and O–H groups in total. The Hall–Kier alpha value is -0.120. The van der Waals surface area contributed by atoms with E-state index in [1.165, 1.54) is 32.1 Å². The monoisotopic (exact) mass is 212 g/mol. The minimum absolute atomic E-state index is 0.0438. The predicted molar refractivity (Wildman–Crippen MR) is 61.4 cm³/mol. The number of aliphatic hydroxyl groups is 1. The van der Waals surface area contributed by atoms with E-state index >= 15 is 0 Å². The third kappa shape index (κ3) is 3.74. The van der Waals surface area contributed by atoms with E-state index in [1.54, 1.807) is 0 Å². The molecule has 2 aliphatic rings. The van der Waals surface area contributed by atoms with E-state index < -0.39 is 0 Å². The van der Waals surface area contributed by atoms with Crippen LogP contribution in [0.1, 0.15) is 57.8 Å². The van der Waals surface area contributed by atoms with Crippen LogP contribution in [0.4, 0.5) is 0 Å². The molecule has 15 heavy (non-hydrogen) atoms. The molecule has 0 heterocycles. The standard InChI is InChI=1S/C12H24N2O/c15-12-8-6-11(7-9-12)14-13-10-4-2-1-3-5-10/h10-15H,1-9H2. The van der Waals surface area contributed by atoms with E-state index in [4.69, 9.17) is 0 Å². The van der Waals surface area contributed by atoms with Gasteiger partial charge in [-0.1, -0.05) is 19.3 Å². The zero-order valence-corrected chi connectivity index (χ0v) is 9.54. The van der Waals surface area contributed by atoms with Crippen LogP contribution in [0, 0.1) is 0 Å². The first-order valence-corrected chi connectivity index (χ1v) is 6.54. The van der Waals surface area contributed by atoms with Gasteiger partial charge >= 0.3 is 0 Å². The highest BCUT2D eigenvalue weighted by molar-refractivity contribution is 4.77. The smallest absolute Gasteiger partial charge is 0.0541 e.